The number of carbonyl (C=O) groups excluding carboxylic acids is 1. The van der Waals surface area contributed by atoms with Crippen molar-refractivity contribution in [2.45, 2.75) is 50.1 Å². The van der Waals surface area contributed by atoms with Crippen LogP contribution in [0, 0.1) is 5.92 Å². The van der Waals surface area contributed by atoms with Gasteiger partial charge in [0.15, 0.2) is 0 Å². The summed E-state index contributed by atoms with van der Waals surface area (Å²) in [5.41, 5.74) is 0.308. The highest BCUT2D eigenvalue weighted by Gasteiger charge is 2.34. The third kappa shape index (κ3) is 4.19. The quantitative estimate of drug-likeness (QED) is 0.795. The number of sulfonamides is 1. The Kier molecular flexibility index (Phi) is 5.84. The number of nitrogens with one attached hydrogen (secondary N) is 1. The van der Waals surface area contributed by atoms with Gasteiger partial charge in [0.1, 0.15) is 0 Å². The van der Waals surface area contributed by atoms with Crippen LogP contribution in [0.15, 0.2) is 29.2 Å². The summed E-state index contributed by atoms with van der Waals surface area (Å²) >= 11 is 0. The van der Waals surface area contributed by atoms with Gasteiger partial charge in [-0.2, -0.15) is 4.31 Å². The van der Waals surface area contributed by atoms with E-state index in [0.29, 0.717) is 18.4 Å². The van der Waals surface area contributed by atoms with Gasteiger partial charge in [-0.1, -0.05) is 6.42 Å². The Morgan fingerprint density at radius 1 is 1.20 bits per heavy atom. The Labute approximate surface area is 148 Å². The van der Waals surface area contributed by atoms with E-state index in [2.05, 4.69) is 5.32 Å². The molecule has 1 fully saturated rings. The Hall–Kier alpha value is -1.93. The average molecular weight is 368 g/mol. The normalized spacial score (nSPS) is 20.8. The van der Waals surface area contributed by atoms with E-state index in [1.165, 1.54) is 35.6 Å². The summed E-state index contributed by atoms with van der Waals surface area (Å²) in [6.07, 6.45) is 1.95. The van der Waals surface area contributed by atoms with Crippen LogP contribution in [0.2, 0.25) is 0 Å². The van der Waals surface area contributed by atoms with Crippen molar-refractivity contribution in [1.82, 2.24) is 9.62 Å². The van der Waals surface area contributed by atoms with E-state index in [9.17, 15) is 18.0 Å². The van der Waals surface area contributed by atoms with Crippen LogP contribution in [0.3, 0.4) is 0 Å². The van der Waals surface area contributed by atoms with Crippen LogP contribution in [-0.4, -0.2) is 48.8 Å². The molecule has 0 heterocycles. The van der Waals surface area contributed by atoms with E-state index in [0.717, 1.165) is 6.42 Å². The van der Waals surface area contributed by atoms with Crippen LogP contribution in [0.25, 0.3) is 0 Å². The Morgan fingerprint density at radius 3 is 2.32 bits per heavy atom. The van der Waals surface area contributed by atoms with Gasteiger partial charge in [0.05, 0.1) is 10.8 Å². The second kappa shape index (κ2) is 7.53. The fourth-order valence-electron chi connectivity index (χ4n) is 2.90. The first-order chi connectivity index (χ1) is 11.6. The van der Waals surface area contributed by atoms with E-state index in [-0.39, 0.29) is 22.9 Å². The van der Waals surface area contributed by atoms with Crippen molar-refractivity contribution < 1.29 is 23.1 Å². The lowest BCUT2D eigenvalue weighted by Crippen LogP contribution is -2.40. The molecular weight excluding hydrogens is 344 g/mol. The highest BCUT2D eigenvalue weighted by Crippen LogP contribution is 2.26. The predicted octanol–water partition coefficient (Wildman–Crippen LogP) is 1.70. The van der Waals surface area contributed by atoms with Crippen LogP contribution < -0.4 is 5.32 Å². The molecule has 2 rings (SSSR count). The molecule has 2 atom stereocenters. The first kappa shape index (κ1) is 19.4. The van der Waals surface area contributed by atoms with Crippen molar-refractivity contribution in [1.29, 1.82) is 0 Å². The fourth-order valence-corrected chi connectivity index (χ4v) is 4.27. The lowest BCUT2D eigenvalue weighted by Gasteiger charge is -2.21. The minimum Gasteiger partial charge on any atom is -0.481 e. The lowest BCUT2D eigenvalue weighted by atomic mass is 10.0. The molecule has 1 aliphatic rings. The van der Waals surface area contributed by atoms with E-state index in [1.54, 1.807) is 13.8 Å². The minimum absolute atomic E-state index is 0.115. The molecule has 0 aromatic heterocycles. The van der Waals surface area contributed by atoms with Gasteiger partial charge in [-0.25, -0.2) is 8.42 Å². The highest BCUT2D eigenvalue weighted by atomic mass is 32.2. The molecule has 0 saturated heterocycles. The number of benzene rings is 1. The third-order valence-corrected chi connectivity index (χ3v) is 6.72. The topological polar surface area (TPSA) is 104 Å². The molecule has 138 valence electrons. The number of nitrogens with zero attached hydrogens (tertiary/aromatic N) is 1. The lowest BCUT2D eigenvalue weighted by molar-refractivity contribution is -0.142. The monoisotopic (exact) mass is 368 g/mol. The maximum atomic E-state index is 12.4. The number of hydrogen-bond acceptors (Lipinski definition) is 4. The van der Waals surface area contributed by atoms with Gasteiger partial charge in [-0.3, -0.25) is 9.59 Å². The van der Waals surface area contributed by atoms with Gasteiger partial charge in [0.2, 0.25) is 10.0 Å². The van der Waals surface area contributed by atoms with Gasteiger partial charge in [-0.15, -0.1) is 0 Å². The van der Waals surface area contributed by atoms with Crippen LogP contribution in [0.5, 0.6) is 0 Å². The first-order valence-corrected chi connectivity index (χ1v) is 9.70. The molecule has 0 bridgehead atoms. The zero-order valence-electron chi connectivity index (χ0n) is 14.6. The Balaban J connectivity index is 2.12. The molecule has 0 unspecified atom stereocenters. The summed E-state index contributed by atoms with van der Waals surface area (Å²) in [6.45, 7) is 3.56. The number of carboxylic acid groups (broad SMARTS) is 1. The second-order valence-corrected chi connectivity index (χ2v) is 8.59. The van der Waals surface area contributed by atoms with Crippen molar-refractivity contribution >= 4 is 21.9 Å². The van der Waals surface area contributed by atoms with Crippen LogP contribution in [0.1, 0.15) is 43.5 Å². The molecule has 8 heteroatoms. The van der Waals surface area contributed by atoms with E-state index in [1.807, 2.05) is 0 Å². The number of carbonyl (C=O) groups is 2. The molecule has 1 aliphatic carbocycles. The van der Waals surface area contributed by atoms with Gasteiger partial charge in [0.25, 0.3) is 5.91 Å². The van der Waals surface area contributed by atoms with E-state index >= 15 is 0 Å². The van der Waals surface area contributed by atoms with E-state index in [4.69, 9.17) is 5.11 Å². The van der Waals surface area contributed by atoms with Gasteiger partial charge < -0.3 is 10.4 Å². The van der Waals surface area contributed by atoms with Crippen molar-refractivity contribution in [3.63, 3.8) is 0 Å². The summed E-state index contributed by atoms with van der Waals surface area (Å²) in [5.74, 6) is -1.86. The summed E-state index contributed by atoms with van der Waals surface area (Å²) < 4.78 is 26.1. The first-order valence-electron chi connectivity index (χ1n) is 8.26. The zero-order valence-corrected chi connectivity index (χ0v) is 15.4. The summed E-state index contributed by atoms with van der Waals surface area (Å²) in [6, 6.07) is 5.12. The maximum Gasteiger partial charge on any atom is 0.308 e. The van der Waals surface area contributed by atoms with E-state index < -0.39 is 21.9 Å². The van der Waals surface area contributed by atoms with Crippen LogP contribution in [0.4, 0.5) is 0 Å². The summed E-state index contributed by atoms with van der Waals surface area (Å²) in [5, 5.41) is 11.9. The molecule has 1 aromatic rings. The fraction of sp³-hybridized carbons (Fsp3) is 0.529. The Morgan fingerprint density at radius 2 is 1.80 bits per heavy atom. The van der Waals surface area contributed by atoms with Crippen LogP contribution in [-0.2, 0) is 14.8 Å². The van der Waals surface area contributed by atoms with Gasteiger partial charge in [0, 0.05) is 24.7 Å². The Bertz CT molecular complexity index is 743. The molecular formula is C17H24N2O5S. The largest absolute Gasteiger partial charge is 0.481 e. The maximum absolute atomic E-state index is 12.4. The number of rotatable bonds is 6. The van der Waals surface area contributed by atoms with Gasteiger partial charge >= 0.3 is 5.97 Å². The molecule has 2 N–H and O–H groups in total. The van der Waals surface area contributed by atoms with Crippen molar-refractivity contribution in [3.05, 3.63) is 29.8 Å². The number of carboxylic acids is 1. The average Bonchev–Trinajstić information content (AvgIpc) is 3.02. The molecule has 1 aromatic carbocycles. The SMILES string of the molecule is CC(C)N(C)S(=O)(=O)c1ccc(C(=O)N[C@@H]2CCC[C@@H]2C(=O)O)cc1. The van der Waals surface area contributed by atoms with Crippen molar-refractivity contribution in [3.8, 4) is 0 Å². The van der Waals surface area contributed by atoms with Crippen molar-refractivity contribution in [2.75, 3.05) is 7.05 Å². The molecule has 25 heavy (non-hydrogen) atoms. The minimum atomic E-state index is -3.60. The molecule has 7 nitrogen and oxygen atoms in total. The molecule has 0 radical (unpaired) electrons. The number of hydrogen-bond donors (Lipinski definition) is 2. The molecule has 0 aliphatic heterocycles. The third-order valence-electron chi connectivity index (χ3n) is 4.67. The standard InChI is InChI=1S/C17H24N2O5S/c1-11(2)19(3)25(23,24)13-9-7-12(8-10-13)16(20)18-15-6-4-5-14(15)17(21)22/h7-11,14-15H,4-6H2,1-3H3,(H,18,20)(H,21,22)/t14-,15+/m0/s1. The van der Waals surface area contributed by atoms with Gasteiger partial charge in [-0.05, 0) is 51.0 Å². The zero-order chi connectivity index (χ0) is 18.8. The molecule has 1 amide bonds. The summed E-state index contributed by atoms with van der Waals surface area (Å²) in [4.78, 5) is 23.6. The molecule has 1 saturated carbocycles. The summed E-state index contributed by atoms with van der Waals surface area (Å²) in [7, 11) is -2.09. The molecule has 0 spiro atoms. The smallest absolute Gasteiger partial charge is 0.308 e. The van der Waals surface area contributed by atoms with Crippen molar-refractivity contribution in [2.24, 2.45) is 5.92 Å². The second-order valence-electron chi connectivity index (χ2n) is 6.59. The predicted molar refractivity (Wildman–Crippen MR) is 92.8 cm³/mol. The highest BCUT2D eigenvalue weighted by molar-refractivity contribution is 7.89. The van der Waals surface area contributed by atoms with Crippen LogP contribution >= 0.6 is 0 Å². The number of amides is 1. The number of aliphatic carboxylic acids is 1.